The molecule has 5 rings (SSSR count). The van der Waals surface area contributed by atoms with Crippen molar-refractivity contribution in [2.45, 2.75) is 235 Å². The van der Waals surface area contributed by atoms with Crippen LogP contribution in [0, 0.1) is 17.8 Å². The Morgan fingerprint density at radius 1 is 0.841 bits per heavy atom. The molecule has 7 N–H and O–H groups in total. The van der Waals surface area contributed by atoms with Crippen LogP contribution in [-0.2, 0) is 28.5 Å². The van der Waals surface area contributed by atoms with E-state index in [1.54, 1.807) is 0 Å². The van der Waals surface area contributed by atoms with Crippen molar-refractivity contribution < 1.29 is 64.2 Å². The molecule has 3 fully saturated rings. The Morgan fingerprint density at radius 2 is 1.56 bits per heavy atom. The molecular weight excluding hydrogens is 811 g/mol. The highest BCUT2D eigenvalue weighted by atomic mass is 16.7. The second kappa shape index (κ2) is 21.3. The van der Waals surface area contributed by atoms with Crippen LogP contribution in [-0.4, -0.2) is 150 Å². The maximum atomic E-state index is 13.8. The monoisotopic (exact) mass is 894 g/mol. The third-order valence-corrected chi connectivity index (χ3v) is 15.0. The van der Waals surface area contributed by atoms with Gasteiger partial charge < -0.3 is 64.3 Å². The van der Waals surface area contributed by atoms with Gasteiger partial charge in [-0.15, -0.1) is 0 Å². The van der Waals surface area contributed by atoms with Crippen molar-refractivity contribution in [3.05, 3.63) is 35.6 Å². The summed E-state index contributed by atoms with van der Waals surface area (Å²) in [6.45, 7) is 14.3. The number of fused-ring (bicyclic) bond motifs is 2. The van der Waals surface area contributed by atoms with E-state index >= 15 is 0 Å². The average Bonchev–Trinajstić information content (AvgIpc) is 3.51. The van der Waals surface area contributed by atoms with E-state index in [4.69, 9.17) is 23.7 Å². The number of allylic oxidation sites excluding steroid dienone is 2. The minimum atomic E-state index is -2.07. The van der Waals surface area contributed by atoms with E-state index in [2.05, 4.69) is 51.9 Å². The van der Waals surface area contributed by atoms with Crippen LogP contribution in [0.3, 0.4) is 0 Å². The van der Waals surface area contributed by atoms with Crippen LogP contribution in [0.5, 0.6) is 0 Å². The van der Waals surface area contributed by atoms with E-state index in [1.807, 2.05) is 13.8 Å². The van der Waals surface area contributed by atoms with Gasteiger partial charge in [0.1, 0.15) is 35.3 Å². The average molecular weight is 894 g/mol. The highest BCUT2D eigenvalue weighted by Crippen LogP contribution is 2.49. The van der Waals surface area contributed by atoms with Gasteiger partial charge in [-0.05, 0) is 112 Å². The molecular formula is C49H83NO13. The summed E-state index contributed by atoms with van der Waals surface area (Å²) < 4.78 is 33.8. The van der Waals surface area contributed by atoms with Crippen molar-refractivity contribution in [2.75, 3.05) is 14.1 Å². The van der Waals surface area contributed by atoms with Crippen molar-refractivity contribution in [1.82, 2.24) is 4.90 Å². The quantitative estimate of drug-likeness (QED) is 0.182. The number of ether oxygens (including phenoxy) is 5. The predicted octanol–water partition coefficient (Wildman–Crippen LogP) is 4.97. The summed E-state index contributed by atoms with van der Waals surface area (Å²) in [5, 5.41) is 77.8. The Labute approximate surface area is 376 Å². The van der Waals surface area contributed by atoms with Gasteiger partial charge in [-0.3, -0.25) is 0 Å². The summed E-state index contributed by atoms with van der Waals surface area (Å²) in [4.78, 5) is 16.0. The van der Waals surface area contributed by atoms with Gasteiger partial charge >= 0.3 is 5.97 Å². The molecule has 0 radical (unpaired) electrons. The van der Waals surface area contributed by atoms with Gasteiger partial charge in [0, 0.05) is 55.6 Å². The Hall–Kier alpha value is -1.95. The smallest absolute Gasteiger partial charge is 0.330 e. The standard InChI is InChI=1S/C49H83NO13/c1-11-33(51)25-39-34(36-19-18-35(50(9)10)31(4)59-36)20-24-49(63-39)28-40-29(2)37(62-49)26-38-32(27-46(5,6)61-38)17-15-13-12-14-16-22-47(7,57)45(56)43(54)42(53)30(3)44(55)48(8,58)23-21-41(52)60-40/h15,17,21,23,29-31,33-37,39-40,42-45,51,53-58H,11-14,16,18-20,22,24-28H2,1-10H3. The fraction of sp³-hybridized carbons (Fsp3) is 0.857. The van der Waals surface area contributed by atoms with Gasteiger partial charge in [-0.1, -0.05) is 45.8 Å². The molecule has 3 saturated heterocycles. The van der Waals surface area contributed by atoms with E-state index in [1.165, 1.54) is 20.8 Å². The third kappa shape index (κ3) is 12.9. The molecule has 17 unspecified atom stereocenters. The number of aliphatic hydroxyl groups is 7. The maximum Gasteiger partial charge on any atom is 0.330 e. The number of nitrogens with zero attached hydrogens (tertiary/aromatic N) is 1. The summed E-state index contributed by atoms with van der Waals surface area (Å²) in [5.41, 5.74) is -3.20. The van der Waals surface area contributed by atoms with Gasteiger partial charge in [0.25, 0.3) is 0 Å². The van der Waals surface area contributed by atoms with Crippen LogP contribution in [0.4, 0.5) is 0 Å². The number of hydrogen-bond acceptors (Lipinski definition) is 14. The first kappa shape index (κ1) is 52.0. The van der Waals surface area contributed by atoms with Crippen LogP contribution in [0.1, 0.15) is 145 Å². The third-order valence-electron chi connectivity index (χ3n) is 15.0. The minimum Gasteiger partial charge on any atom is -0.491 e. The normalized spacial score (nSPS) is 44.4. The van der Waals surface area contributed by atoms with E-state index in [0.717, 1.165) is 62.0 Å². The lowest BCUT2D eigenvalue weighted by Gasteiger charge is -2.54. The first-order valence-corrected chi connectivity index (χ1v) is 23.9. The van der Waals surface area contributed by atoms with Gasteiger partial charge in [-0.2, -0.15) is 0 Å². The molecule has 362 valence electrons. The predicted molar refractivity (Wildman–Crippen MR) is 238 cm³/mol. The second-order valence-corrected chi connectivity index (χ2v) is 21.1. The lowest BCUT2D eigenvalue weighted by atomic mass is 9.77. The maximum absolute atomic E-state index is 13.8. The molecule has 5 aliphatic heterocycles. The molecule has 17 atom stereocenters. The molecule has 0 aliphatic carbocycles. The van der Waals surface area contributed by atoms with Crippen molar-refractivity contribution in [3.8, 4) is 0 Å². The molecule has 0 amide bonds. The lowest BCUT2D eigenvalue weighted by Crippen LogP contribution is -2.59. The first-order valence-electron chi connectivity index (χ1n) is 23.9. The number of hydrogen-bond donors (Lipinski definition) is 7. The molecule has 14 heteroatoms. The Kier molecular flexibility index (Phi) is 17.6. The van der Waals surface area contributed by atoms with Crippen molar-refractivity contribution in [3.63, 3.8) is 0 Å². The highest BCUT2D eigenvalue weighted by Gasteiger charge is 2.54. The lowest BCUT2D eigenvalue weighted by molar-refractivity contribution is -0.354. The van der Waals surface area contributed by atoms with Crippen molar-refractivity contribution >= 4 is 5.97 Å². The van der Waals surface area contributed by atoms with Gasteiger partial charge in [0.05, 0.1) is 48.3 Å². The topological polar surface area (TPSA) is 208 Å². The largest absolute Gasteiger partial charge is 0.491 e. The van der Waals surface area contributed by atoms with Crippen LogP contribution in [0.25, 0.3) is 0 Å². The van der Waals surface area contributed by atoms with Crippen LogP contribution >= 0.6 is 0 Å². The number of esters is 1. The summed E-state index contributed by atoms with van der Waals surface area (Å²) in [6, 6.07) is 0.310. The van der Waals surface area contributed by atoms with E-state index in [0.29, 0.717) is 44.6 Å². The van der Waals surface area contributed by atoms with Gasteiger partial charge in [0.2, 0.25) is 0 Å². The second-order valence-electron chi connectivity index (χ2n) is 21.1. The van der Waals surface area contributed by atoms with Crippen molar-refractivity contribution in [1.29, 1.82) is 0 Å². The molecule has 2 bridgehead atoms. The van der Waals surface area contributed by atoms with Crippen LogP contribution < -0.4 is 0 Å². The zero-order chi connectivity index (χ0) is 46.7. The number of carbonyl (C=O) groups excluding carboxylic acids is 1. The van der Waals surface area contributed by atoms with Gasteiger partial charge in [-0.25, -0.2) is 4.79 Å². The van der Waals surface area contributed by atoms with Crippen LogP contribution in [0.2, 0.25) is 0 Å². The molecule has 0 saturated carbocycles. The van der Waals surface area contributed by atoms with Gasteiger partial charge in [0.15, 0.2) is 5.79 Å². The summed E-state index contributed by atoms with van der Waals surface area (Å²) >= 11 is 0. The summed E-state index contributed by atoms with van der Waals surface area (Å²) in [6.07, 6.45) is 5.68. The minimum absolute atomic E-state index is 0.0206. The molecule has 5 heterocycles. The molecule has 14 nitrogen and oxygen atoms in total. The summed E-state index contributed by atoms with van der Waals surface area (Å²) in [7, 11) is 4.16. The Bertz CT molecular complexity index is 1590. The molecule has 5 aliphatic rings. The zero-order valence-electron chi connectivity index (χ0n) is 39.8. The fourth-order valence-electron chi connectivity index (χ4n) is 10.8. The first-order chi connectivity index (χ1) is 29.4. The van der Waals surface area contributed by atoms with E-state index in [-0.39, 0.29) is 43.0 Å². The molecule has 0 aromatic heterocycles. The molecule has 0 aromatic rings. The molecule has 63 heavy (non-hydrogen) atoms. The highest BCUT2D eigenvalue weighted by molar-refractivity contribution is 5.82. The summed E-state index contributed by atoms with van der Waals surface area (Å²) in [5.74, 6) is -2.60. The SMILES string of the molecule is CCC(O)CC1OC2(CCC1C1CCC(N(C)C)C(C)O1)CC1OC(=O)C=CC(C)(O)C(O)C(C)C(O)C(O)C(O)C(C)(O)CCCCCC=CC3=C(CC(O2)C1C)OC(C)(C)C3. The number of aliphatic hydroxyl groups excluding tert-OH is 5. The Morgan fingerprint density at radius 3 is 2.22 bits per heavy atom. The van der Waals surface area contributed by atoms with E-state index < -0.39 is 77.2 Å². The molecule has 0 aromatic carbocycles. The van der Waals surface area contributed by atoms with Crippen LogP contribution in [0.15, 0.2) is 35.6 Å². The number of rotatable bonds is 5. The number of likely N-dealkylation sites (N-methyl/N-ethyl adjacent to an activating group) is 1. The zero-order valence-corrected chi connectivity index (χ0v) is 39.8. The van der Waals surface area contributed by atoms with E-state index in [9.17, 15) is 40.5 Å². The van der Waals surface area contributed by atoms with Crippen molar-refractivity contribution in [2.24, 2.45) is 17.8 Å². The molecule has 1 spiro atoms. The fourth-order valence-corrected chi connectivity index (χ4v) is 10.8. The number of carbonyl (C=O) groups is 1. The Balaban J connectivity index is 1.47.